The van der Waals surface area contributed by atoms with Crippen LogP contribution in [0.1, 0.15) is 37.6 Å². The van der Waals surface area contributed by atoms with Gasteiger partial charge in [-0.1, -0.05) is 6.07 Å². The van der Waals surface area contributed by atoms with Crippen LogP contribution in [-0.2, 0) is 7.25 Å². The molecule has 4 aromatic heterocycles. The molecule has 0 aliphatic carbocycles. The second kappa shape index (κ2) is 13.2. The van der Waals surface area contributed by atoms with Crippen molar-refractivity contribution in [3.8, 4) is 22.3 Å². The van der Waals surface area contributed by atoms with Crippen LogP contribution in [-0.4, -0.2) is 49.6 Å². The molecule has 0 unspecified atom stereocenters. The number of halogens is 2. The average molecular weight is 715 g/mol. The summed E-state index contributed by atoms with van der Waals surface area (Å²) in [5.41, 5.74) is 3.45. The summed E-state index contributed by atoms with van der Waals surface area (Å²) in [5, 5.41) is 6.80. The first-order chi connectivity index (χ1) is 20.6. The van der Waals surface area contributed by atoms with Crippen LogP contribution in [0.15, 0.2) is 67.4 Å². The van der Waals surface area contributed by atoms with Gasteiger partial charge in [0.15, 0.2) is 5.65 Å². The third kappa shape index (κ3) is 7.22. The van der Waals surface area contributed by atoms with Gasteiger partial charge >= 0.3 is 6.09 Å². The van der Waals surface area contributed by atoms with Gasteiger partial charge in [0.2, 0.25) is 0 Å². The summed E-state index contributed by atoms with van der Waals surface area (Å²) < 4.78 is 27.7. The second-order valence-electron chi connectivity index (χ2n) is 10.6. The second-order valence-corrected chi connectivity index (χ2v) is 12.3. The van der Waals surface area contributed by atoms with E-state index in [-0.39, 0.29) is 11.4 Å². The summed E-state index contributed by atoms with van der Waals surface area (Å²) in [6.45, 7) is 6.05. The number of hydrogen-bond acceptors (Lipinski definition) is 8. The van der Waals surface area contributed by atoms with Gasteiger partial charge in [0.25, 0.3) is 5.91 Å². The van der Waals surface area contributed by atoms with Gasteiger partial charge in [-0.3, -0.25) is 18.7 Å². The van der Waals surface area contributed by atoms with Crippen LogP contribution in [0.3, 0.4) is 0 Å². The van der Waals surface area contributed by atoms with E-state index >= 15 is 4.39 Å². The minimum absolute atomic E-state index is 0.248. The molecule has 0 aliphatic heterocycles. The standard InChI is InChI=1S/C30H28FIN6O4S/c1-30(2,3)41-29(40)36-10-5-9-35-28(39)20-13-23-24(17-38(43-42-32)27(23)37-16-20)19-12-22-21(18-6-4-8-33-15-18)7-11-34-26(22)25(31)14-19/h4,6-8,11-17H,5,9-10H2,1-3H3,(H,35,39)(H,36,40). The molecule has 0 saturated heterocycles. The van der Waals surface area contributed by atoms with Crippen LogP contribution in [0.25, 0.3) is 44.2 Å². The lowest BCUT2D eigenvalue weighted by Crippen LogP contribution is -2.34. The number of ether oxygens (including phenoxy) is 1. The molecule has 0 bridgehead atoms. The highest BCUT2D eigenvalue weighted by Gasteiger charge is 2.19. The number of benzene rings is 1. The fraction of sp³-hybridized carbons (Fsp3) is 0.233. The summed E-state index contributed by atoms with van der Waals surface area (Å²) in [7, 11) is 0. The molecular weight excluding hydrogens is 686 g/mol. The maximum Gasteiger partial charge on any atom is 0.407 e. The Bertz CT molecular complexity index is 1800. The van der Waals surface area contributed by atoms with Crippen molar-refractivity contribution in [2.75, 3.05) is 13.1 Å². The predicted octanol–water partition coefficient (Wildman–Crippen LogP) is 6.88. The van der Waals surface area contributed by atoms with Gasteiger partial charge in [-0.2, -0.15) is 0 Å². The van der Waals surface area contributed by atoms with E-state index in [9.17, 15) is 9.59 Å². The Kier molecular flexibility index (Phi) is 9.42. The first kappa shape index (κ1) is 30.6. The molecule has 0 spiro atoms. The number of carbonyl (C=O) groups excluding carboxylic acids is 2. The number of aromatic nitrogens is 4. The quantitative estimate of drug-likeness (QED) is 0.0965. The Balaban J connectivity index is 1.43. The monoisotopic (exact) mass is 714 g/mol. The van der Waals surface area contributed by atoms with Crippen LogP contribution < -0.4 is 10.6 Å². The molecule has 0 saturated carbocycles. The van der Waals surface area contributed by atoms with Crippen LogP contribution >= 0.6 is 35.2 Å². The molecule has 5 aromatic rings. The van der Waals surface area contributed by atoms with Crippen molar-refractivity contribution >= 4 is 69.2 Å². The fourth-order valence-corrected chi connectivity index (χ4v) is 5.50. The van der Waals surface area contributed by atoms with Crippen molar-refractivity contribution in [3.05, 3.63) is 78.8 Å². The van der Waals surface area contributed by atoms with Crippen molar-refractivity contribution in [1.82, 2.24) is 29.6 Å². The molecule has 0 fully saturated rings. The number of carbonyl (C=O) groups is 2. The van der Waals surface area contributed by atoms with E-state index in [0.717, 1.165) is 23.4 Å². The van der Waals surface area contributed by atoms with Crippen LogP contribution in [0.2, 0.25) is 0 Å². The molecule has 0 radical (unpaired) electrons. The van der Waals surface area contributed by atoms with E-state index in [1.165, 1.54) is 12.3 Å². The van der Waals surface area contributed by atoms with Gasteiger partial charge in [-0.05, 0) is 68.7 Å². The van der Waals surface area contributed by atoms with E-state index in [2.05, 4.69) is 25.6 Å². The van der Waals surface area contributed by atoms with Crippen LogP contribution in [0, 0.1) is 5.82 Å². The maximum absolute atomic E-state index is 15.5. The molecule has 2 N–H and O–H groups in total. The normalized spacial score (nSPS) is 11.6. The molecule has 43 heavy (non-hydrogen) atoms. The highest BCUT2D eigenvalue weighted by molar-refractivity contribution is 14.1. The van der Waals surface area contributed by atoms with E-state index < -0.39 is 17.5 Å². The van der Waals surface area contributed by atoms with Crippen molar-refractivity contribution in [2.24, 2.45) is 0 Å². The Morgan fingerprint density at radius 1 is 1.00 bits per heavy atom. The van der Waals surface area contributed by atoms with Gasteiger partial charge in [0.1, 0.15) is 52.2 Å². The Hall–Kier alpha value is -3.82. The van der Waals surface area contributed by atoms with E-state index in [4.69, 9.17) is 7.25 Å². The third-order valence-electron chi connectivity index (χ3n) is 6.37. The zero-order valence-electron chi connectivity index (χ0n) is 23.6. The summed E-state index contributed by atoms with van der Waals surface area (Å²) in [5.74, 6) is -0.797. The van der Waals surface area contributed by atoms with Gasteiger partial charge < -0.3 is 15.4 Å². The SMILES string of the molecule is CC(C)(C)OC(=O)NCCCNC(=O)c1cnc2c(c1)c(-c1cc(F)c3nccc(-c4cccnc4)c3c1)cn2SOI. The van der Waals surface area contributed by atoms with Crippen LogP contribution in [0.4, 0.5) is 9.18 Å². The van der Waals surface area contributed by atoms with Crippen molar-refractivity contribution < 1.29 is 21.2 Å². The minimum atomic E-state index is -0.583. The van der Waals surface area contributed by atoms with E-state index in [0.29, 0.717) is 52.6 Å². The lowest BCUT2D eigenvalue weighted by molar-refractivity contribution is 0.0527. The number of fused-ring (bicyclic) bond motifs is 2. The Morgan fingerprint density at radius 2 is 1.81 bits per heavy atom. The van der Waals surface area contributed by atoms with Crippen LogP contribution in [0.5, 0.6) is 0 Å². The number of nitrogens with zero attached hydrogens (tertiary/aromatic N) is 4. The number of hydrogen-bond donors (Lipinski definition) is 2. The number of nitrogens with one attached hydrogen (secondary N) is 2. The molecule has 1 aromatic carbocycles. The first-order valence-corrected chi connectivity index (χ1v) is 14.9. The highest BCUT2D eigenvalue weighted by atomic mass is 127. The molecule has 5 rings (SSSR count). The van der Waals surface area contributed by atoms with Gasteiger partial charge in [-0.25, -0.2) is 16.7 Å². The lowest BCUT2D eigenvalue weighted by Gasteiger charge is -2.19. The van der Waals surface area contributed by atoms with Gasteiger partial charge in [0, 0.05) is 66.0 Å². The predicted molar refractivity (Wildman–Crippen MR) is 173 cm³/mol. The van der Waals surface area contributed by atoms with Crippen molar-refractivity contribution in [3.63, 3.8) is 0 Å². The summed E-state index contributed by atoms with van der Waals surface area (Å²) in [4.78, 5) is 37.8. The third-order valence-corrected chi connectivity index (χ3v) is 7.35. The fourth-order valence-electron chi connectivity index (χ4n) is 4.56. The number of rotatable bonds is 9. The molecule has 222 valence electrons. The summed E-state index contributed by atoms with van der Waals surface area (Å²) >= 11 is 2.81. The summed E-state index contributed by atoms with van der Waals surface area (Å²) in [6.07, 6.45) is 8.27. The number of amides is 2. The molecule has 2 amide bonds. The maximum atomic E-state index is 15.5. The Morgan fingerprint density at radius 3 is 2.56 bits per heavy atom. The molecule has 13 heteroatoms. The van der Waals surface area contributed by atoms with Gasteiger partial charge in [-0.15, -0.1) is 0 Å². The largest absolute Gasteiger partial charge is 0.444 e. The minimum Gasteiger partial charge on any atom is -0.444 e. The highest BCUT2D eigenvalue weighted by Crippen LogP contribution is 2.37. The van der Waals surface area contributed by atoms with E-state index in [1.54, 1.807) is 78.6 Å². The molecular formula is C30H28FIN6O4S. The molecule has 10 nitrogen and oxygen atoms in total. The lowest BCUT2D eigenvalue weighted by atomic mass is 9.97. The van der Waals surface area contributed by atoms with Crippen molar-refractivity contribution in [1.29, 1.82) is 0 Å². The Labute approximate surface area is 265 Å². The molecule has 0 aliphatic rings. The topological polar surface area (TPSA) is 120 Å². The van der Waals surface area contributed by atoms with Gasteiger partial charge in [0.05, 0.1) is 5.56 Å². The summed E-state index contributed by atoms with van der Waals surface area (Å²) in [6, 6.07) is 10.6. The molecule has 0 atom stereocenters. The zero-order valence-corrected chi connectivity index (χ0v) is 26.5. The van der Waals surface area contributed by atoms with Crippen molar-refractivity contribution in [2.45, 2.75) is 32.8 Å². The molecule has 4 heterocycles. The van der Waals surface area contributed by atoms with E-state index in [1.807, 2.05) is 24.3 Å². The smallest absolute Gasteiger partial charge is 0.407 e. The zero-order chi connectivity index (χ0) is 30.6. The number of alkyl carbamates (subject to hydrolysis) is 1. The number of pyridine rings is 3. The first-order valence-electron chi connectivity index (χ1n) is 13.4. The average Bonchev–Trinajstić information content (AvgIpc) is 3.34.